The van der Waals surface area contributed by atoms with E-state index in [4.69, 9.17) is 11.6 Å². The Morgan fingerprint density at radius 2 is 2.00 bits per heavy atom. The Balaban J connectivity index is 1.67. The van der Waals surface area contributed by atoms with Crippen LogP contribution in [-0.4, -0.2) is 25.7 Å². The number of nitrogens with one attached hydrogen (secondary N) is 3. The van der Waals surface area contributed by atoms with E-state index in [1.165, 1.54) is 6.07 Å². The molecular formula is C18H17ClN6O2. The first-order valence-electron chi connectivity index (χ1n) is 8.93. The van der Waals surface area contributed by atoms with Crippen molar-refractivity contribution in [2.45, 2.75) is 37.8 Å². The van der Waals surface area contributed by atoms with Crippen molar-refractivity contribution in [2.24, 2.45) is 0 Å². The molecule has 0 saturated heterocycles. The Labute approximate surface area is 158 Å². The van der Waals surface area contributed by atoms with Gasteiger partial charge in [0.15, 0.2) is 5.65 Å². The van der Waals surface area contributed by atoms with Crippen LogP contribution < -0.4 is 16.2 Å². The van der Waals surface area contributed by atoms with Gasteiger partial charge in [-0.05, 0) is 37.8 Å². The van der Waals surface area contributed by atoms with Crippen LogP contribution in [0.1, 0.15) is 42.6 Å². The lowest BCUT2D eigenvalue weighted by molar-refractivity contribution is 0.0877. The summed E-state index contributed by atoms with van der Waals surface area (Å²) in [6, 6.07) is 3.28. The molecule has 8 nitrogen and oxygen atoms in total. The Kier molecular flexibility index (Phi) is 3.51. The maximum absolute atomic E-state index is 13.3. The highest BCUT2D eigenvalue weighted by atomic mass is 35.5. The minimum atomic E-state index is -0.674. The van der Waals surface area contributed by atoms with Gasteiger partial charge in [0, 0.05) is 6.20 Å². The summed E-state index contributed by atoms with van der Waals surface area (Å²) in [5.41, 5.74) is 0.941. The zero-order valence-corrected chi connectivity index (χ0v) is 15.1. The van der Waals surface area contributed by atoms with E-state index in [1.54, 1.807) is 23.0 Å². The standard InChI is InChI=1S/C18H17ClN6O2/c19-11-8-13(22-12-4-7-20-15-10(12)9-21-24-15)17(27)25-14(11)16(26)23-18(25)5-2-1-3-6-18/h4,7-9H,1-3,5-6H2,(H,23,26)(H2,20,21,22,24). The molecule has 5 rings (SSSR count). The number of carbonyl (C=O) groups excluding carboxylic acids is 1. The van der Waals surface area contributed by atoms with Gasteiger partial charge >= 0.3 is 0 Å². The molecule has 0 aromatic carbocycles. The summed E-state index contributed by atoms with van der Waals surface area (Å²) in [7, 11) is 0. The van der Waals surface area contributed by atoms with E-state index in [1.807, 2.05) is 0 Å². The third-order valence-corrected chi connectivity index (χ3v) is 5.74. The van der Waals surface area contributed by atoms with Gasteiger partial charge in [0.2, 0.25) is 0 Å². The third kappa shape index (κ3) is 2.36. The number of aromatic amines is 1. The van der Waals surface area contributed by atoms with Crippen LogP contribution in [0.5, 0.6) is 0 Å². The molecule has 138 valence electrons. The number of aromatic nitrogens is 4. The smallest absolute Gasteiger partial charge is 0.276 e. The molecule has 0 radical (unpaired) electrons. The lowest BCUT2D eigenvalue weighted by atomic mass is 9.89. The average molecular weight is 385 g/mol. The number of carbonyl (C=O) groups is 1. The van der Waals surface area contributed by atoms with E-state index in [2.05, 4.69) is 25.8 Å². The molecule has 3 N–H and O–H groups in total. The second-order valence-corrected chi connectivity index (χ2v) is 7.46. The zero-order valence-electron chi connectivity index (χ0n) is 14.4. The van der Waals surface area contributed by atoms with Gasteiger partial charge < -0.3 is 10.6 Å². The second kappa shape index (κ2) is 5.82. The fraction of sp³-hybridized carbons (Fsp3) is 0.333. The molecule has 9 heteroatoms. The number of fused-ring (bicyclic) bond motifs is 3. The molecule has 2 aliphatic rings. The molecule has 1 fully saturated rings. The highest BCUT2D eigenvalue weighted by molar-refractivity contribution is 6.34. The summed E-state index contributed by atoms with van der Waals surface area (Å²) < 4.78 is 1.56. The Bertz CT molecular complexity index is 1130. The Morgan fingerprint density at radius 3 is 2.81 bits per heavy atom. The van der Waals surface area contributed by atoms with Crippen LogP contribution >= 0.6 is 11.6 Å². The van der Waals surface area contributed by atoms with Crippen molar-refractivity contribution in [1.29, 1.82) is 0 Å². The first-order valence-corrected chi connectivity index (χ1v) is 9.30. The monoisotopic (exact) mass is 384 g/mol. The SMILES string of the molecule is O=C1NC2(CCCCC2)n2c1c(Cl)cc(Nc1ccnc3[nH]ncc13)c2=O. The molecule has 0 unspecified atom stereocenters. The predicted octanol–water partition coefficient (Wildman–Crippen LogP) is 2.88. The topological polar surface area (TPSA) is 105 Å². The van der Waals surface area contributed by atoms with E-state index >= 15 is 0 Å². The second-order valence-electron chi connectivity index (χ2n) is 7.06. The van der Waals surface area contributed by atoms with E-state index in [0.29, 0.717) is 17.0 Å². The molecule has 4 heterocycles. The summed E-state index contributed by atoms with van der Waals surface area (Å²) in [6.07, 6.45) is 7.75. The molecule has 0 atom stereocenters. The minimum Gasteiger partial charge on any atom is -0.350 e. The lowest BCUT2D eigenvalue weighted by Crippen LogP contribution is -2.48. The molecule has 1 aliphatic heterocycles. The molecule has 1 saturated carbocycles. The van der Waals surface area contributed by atoms with Crippen LogP contribution in [0.25, 0.3) is 11.0 Å². The first kappa shape index (κ1) is 16.3. The minimum absolute atomic E-state index is 0.248. The summed E-state index contributed by atoms with van der Waals surface area (Å²) >= 11 is 6.42. The number of rotatable bonds is 2. The lowest BCUT2D eigenvalue weighted by Gasteiger charge is -2.35. The van der Waals surface area contributed by atoms with Crippen molar-refractivity contribution in [3.05, 3.63) is 45.6 Å². The highest BCUT2D eigenvalue weighted by Crippen LogP contribution is 2.38. The van der Waals surface area contributed by atoms with Gasteiger partial charge in [-0.1, -0.05) is 18.0 Å². The summed E-state index contributed by atoms with van der Waals surface area (Å²) in [6.45, 7) is 0. The van der Waals surface area contributed by atoms with Gasteiger partial charge in [0.1, 0.15) is 17.0 Å². The van der Waals surface area contributed by atoms with Crippen LogP contribution in [0, 0.1) is 0 Å². The molecule has 3 aromatic rings. The van der Waals surface area contributed by atoms with Crippen molar-refractivity contribution in [2.75, 3.05) is 5.32 Å². The normalized spacial score (nSPS) is 17.9. The van der Waals surface area contributed by atoms with Crippen molar-refractivity contribution in [1.82, 2.24) is 25.1 Å². The van der Waals surface area contributed by atoms with Crippen molar-refractivity contribution in [3.8, 4) is 0 Å². The van der Waals surface area contributed by atoms with Crippen LogP contribution in [0.4, 0.5) is 11.4 Å². The number of anilines is 2. The van der Waals surface area contributed by atoms with Crippen LogP contribution in [-0.2, 0) is 5.66 Å². The average Bonchev–Trinajstić information content (AvgIpc) is 3.24. The quantitative estimate of drug-likeness (QED) is 0.630. The van der Waals surface area contributed by atoms with Gasteiger partial charge in [0.05, 0.1) is 22.3 Å². The predicted molar refractivity (Wildman–Crippen MR) is 101 cm³/mol. The molecule has 1 spiro atoms. The zero-order chi connectivity index (χ0) is 18.6. The van der Waals surface area contributed by atoms with Gasteiger partial charge in [0.25, 0.3) is 11.5 Å². The number of halogens is 1. The van der Waals surface area contributed by atoms with Gasteiger partial charge in [-0.3, -0.25) is 19.3 Å². The molecule has 0 bridgehead atoms. The number of H-pyrrole nitrogens is 1. The largest absolute Gasteiger partial charge is 0.350 e. The maximum Gasteiger partial charge on any atom is 0.276 e. The van der Waals surface area contributed by atoms with E-state index in [-0.39, 0.29) is 22.2 Å². The maximum atomic E-state index is 13.3. The Hall–Kier alpha value is -2.87. The van der Waals surface area contributed by atoms with E-state index in [9.17, 15) is 9.59 Å². The van der Waals surface area contributed by atoms with Crippen molar-refractivity contribution >= 4 is 39.9 Å². The number of pyridine rings is 2. The Morgan fingerprint density at radius 1 is 1.19 bits per heavy atom. The third-order valence-electron chi connectivity index (χ3n) is 5.45. The summed E-state index contributed by atoms with van der Waals surface area (Å²) in [4.78, 5) is 30.0. The molecule has 1 amide bonds. The number of nitrogens with zero attached hydrogens (tertiary/aromatic N) is 3. The summed E-state index contributed by atoms with van der Waals surface area (Å²) in [5, 5.41) is 14.0. The molecule has 1 aliphatic carbocycles. The van der Waals surface area contributed by atoms with Gasteiger partial charge in [-0.25, -0.2) is 4.98 Å². The molecule has 3 aromatic heterocycles. The van der Waals surface area contributed by atoms with Crippen LogP contribution in [0.2, 0.25) is 5.02 Å². The van der Waals surface area contributed by atoms with E-state index < -0.39 is 5.66 Å². The first-order chi connectivity index (χ1) is 13.1. The van der Waals surface area contributed by atoms with Crippen molar-refractivity contribution in [3.63, 3.8) is 0 Å². The van der Waals surface area contributed by atoms with Crippen molar-refractivity contribution < 1.29 is 4.79 Å². The summed E-state index contributed by atoms with van der Waals surface area (Å²) in [5.74, 6) is -0.285. The number of amides is 1. The van der Waals surface area contributed by atoms with Crippen LogP contribution in [0.15, 0.2) is 29.3 Å². The van der Waals surface area contributed by atoms with Gasteiger partial charge in [-0.15, -0.1) is 0 Å². The van der Waals surface area contributed by atoms with Gasteiger partial charge in [-0.2, -0.15) is 5.10 Å². The van der Waals surface area contributed by atoms with Crippen LogP contribution in [0.3, 0.4) is 0 Å². The fourth-order valence-electron chi connectivity index (χ4n) is 4.21. The number of hydrogen-bond acceptors (Lipinski definition) is 5. The fourth-order valence-corrected chi connectivity index (χ4v) is 4.49. The molecule has 27 heavy (non-hydrogen) atoms. The molecular weight excluding hydrogens is 368 g/mol. The van der Waals surface area contributed by atoms with E-state index in [0.717, 1.165) is 37.5 Å². The number of hydrogen-bond donors (Lipinski definition) is 3. The highest BCUT2D eigenvalue weighted by Gasteiger charge is 2.45.